The van der Waals surface area contributed by atoms with Crippen LogP contribution in [0.4, 0.5) is 5.00 Å². The Hall–Kier alpha value is -1.95. The summed E-state index contributed by atoms with van der Waals surface area (Å²) >= 11 is 14.2. The second-order valence-corrected chi connectivity index (χ2v) is 11.2. The van der Waals surface area contributed by atoms with Gasteiger partial charge < -0.3 is 15.1 Å². The topological polar surface area (TPSA) is 54.3 Å². The van der Waals surface area contributed by atoms with Crippen LogP contribution in [0.3, 0.4) is 0 Å². The van der Waals surface area contributed by atoms with Gasteiger partial charge >= 0.3 is 0 Å². The number of nitrogens with one attached hydrogen (secondary N) is 2. The summed E-state index contributed by atoms with van der Waals surface area (Å²) in [7, 11) is 0. The summed E-state index contributed by atoms with van der Waals surface area (Å²) in [4.78, 5) is 14.4. The molecule has 5 rings (SSSR count). The Kier molecular flexibility index (Phi) is 5.55. The van der Waals surface area contributed by atoms with Crippen molar-refractivity contribution in [3.8, 4) is 11.3 Å². The van der Waals surface area contributed by atoms with Crippen LogP contribution >= 0.6 is 34.5 Å². The minimum atomic E-state index is -0.426. The maximum atomic E-state index is 13.1. The first-order valence-corrected chi connectivity index (χ1v) is 12.6. The number of hydrogen-bond acceptors (Lipinski definition) is 4. The van der Waals surface area contributed by atoms with E-state index in [1.54, 1.807) is 17.4 Å². The number of hydrogen-bond donors (Lipinski definition) is 2. The van der Waals surface area contributed by atoms with E-state index in [0.29, 0.717) is 32.9 Å². The van der Waals surface area contributed by atoms with Crippen molar-refractivity contribution in [2.24, 2.45) is 11.3 Å². The van der Waals surface area contributed by atoms with Crippen LogP contribution in [0.15, 0.2) is 34.7 Å². The first-order chi connectivity index (χ1) is 15.3. The quantitative estimate of drug-likeness (QED) is 0.395. The molecule has 0 fully saturated rings. The van der Waals surface area contributed by atoms with Gasteiger partial charge in [0.1, 0.15) is 16.5 Å². The van der Waals surface area contributed by atoms with Gasteiger partial charge in [0.15, 0.2) is 6.17 Å². The lowest BCUT2D eigenvalue weighted by molar-refractivity contribution is 0.0930. The van der Waals surface area contributed by atoms with Gasteiger partial charge in [-0.05, 0) is 60.4 Å². The van der Waals surface area contributed by atoms with Crippen LogP contribution in [0.5, 0.6) is 0 Å². The first kappa shape index (κ1) is 21.9. The zero-order valence-electron chi connectivity index (χ0n) is 18.4. The summed E-state index contributed by atoms with van der Waals surface area (Å²) < 4.78 is 6.07. The molecule has 1 aromatic carbocycles. The standard InChI is InChI=1S/C25H26Cl2N2O2S/c1-4-25(2,3)13-8-9-15-19(12-13)32-24-20(15)23(30)28-22(29-24)18-11-10-17(31-18)14-6-5-7-16(26)21(14)27/h5-7,10-11,13,22,29H,4,8-9,12H2,1-3H3,(H,28,30)/t13-,22+/m0/s1. The molecule has 2 aliphatic rings. The van der Waals surface area contributed by atoms with Gasteiger partial charge in [0, 0.05) is 10.4 Å². The molecular weight excluding hydrogens is 463 g/mol. The lowest BCUT2D eigenvalue weighted by Crippen LogP contribution is -2.38. The molecule has 1 amide bonds. The highest BCUT2D eigenvalue weighted by Gasteiger charge is 2.38. The SMILES string of the molecule is CCC(C)(C)[C@H]1CCc2c(sc3c2C(=O)N[C@@H](c2ccc(-c4cccc(Cl)c4Cl)o2)N3)C1. The number of thiophene rings is 1. The van der Waals surface area contributed by atoms with Crippen LogP contribution in [0, 0.1) is 11.3 Å². The molecule has 3 heterocycles. The van der Waals surface area contributed by atoms with Gasteiger partial charge in [-0.3, -0.25) is 4.79 Å². The number of carbonyl (C=O) groups excluding carboxylic acids is 1. The van der Waals surface area contributed by atoms with Gasteiger partial charge in [0.25, 0.3) is 5.91 Å². The van der Waals surface area contributed by atoms with Gasteiger partial charge in [0.2, 0.25) is 0 Å². The molecule has 2 N–H and O–H groups in total. The fourth-order valence-corrected chi connectivity index (χ4v) is 6.49. The third-order valence-electron chi connectivity index (χ3n) is 7.19. The molecule has 0 saturated carbocycles. The molecular formula is C25H26Cl2N2O2S. The highest BCUT2D eigenvalue weighted by Crippen LogP contribution is 2.47. The van der Waals surface area contributed by atoms with Crippen molar-refractivity contribution in [2.45, 2.75) is 52.6 Å². The Morgan fingerprint density at radius 3 is 2.78 bits per heavy atom. The smallest absolute Gasteiger partial charge is 0.256 e. The molecule has 0 bridgehead atoms. The molecule has 1 aliphatic heterocycles. The molecule has 0 saturated heterocycles. The van der Waals surface area contributed by atoms with Crippen molar-refractivity contribution >= 4 is 45.4 Å². The zero-order chi connectivity index (χ0) is 22.6. The number of anilines is 1. The van der Waals surface area contributed by atoms with Crippen molar-refractivity contribution in [1.82, 2.24) is 5.32 Å². The number of amides is 1. The summed E-state index contributed by atoms with van der Waals surface area (Å²) in [5, 5.41) is 8.44. The van der Waals surface area contributed by atoms with E-state index in [-0.39, 0.29) is 5.91 Å². The number of halogens is 2. The van der Waals surface area contributed by atoms with Crippen LogP contribution in [-0.2, 0) is 12.8 Å². The second-order valence-electron chi connectivity index (χ2n) is 9.34. The average molecular weight is 489 g/mol. The Morgan fingerprint density at radius 1 is 1.19 bits per heavy atom. The maximum absolute atomic E-state index is 13.1. The summed E-state index contributed by atoms with van der Waals surface area (Å²) in [6.07, 6.45) is 3.88. The molecule has 4 nitrogen and oxygen atoms in total. The minimum Gasteiger partial charge on any atom is -0.457 e. The normalized spacial score (nSPS) is 20.3. The second kappa shape index (κ2) is 8.12. The fraction of sp³-hybridized carbons (Fsp3) is 0.400. The average Bonchev–Trinajstić information content (AvgIpc) is 3.40. The van der Waals surface area contributed by atoms with E-state index >= 15 is 0 Å². The van der Waals surface area contributed by atoms with Crippen molar-refractivity contribution < 1.29 is 9.21 Å². The van der Waals surface area contributed by atoms with E-state index in [9.17, 15) is 4.79 Å². The third kappa shape index (κ3) is 3.64. The van der Waals surface area contributed by atoms with E-state index in [4.69, 9.17) is 27.6 Å². The molecule has 32 heavy (non-hydrogen) atoms. The number of fused-ring (bicyclic) bond motifs is 3. The van der Waals surface area contributed by atoms with Crippen molar-refractivity contribution in [2.75, 3.05) is 5.32 Å². The molecule has 0 radical (unpaired) electrons. The third-order valence-corrected chi connectivity index (χ3v) is 9.19. The number of furan rings is 1. The molecule has 0 spiro atoms. The van der Waals surface area contributed by atoms with E-state index in [1.165, 1.54) is 10.4 Å². The highest BCUT2D eigenvalue weighted by atomic mass is 35.5. The van der Waals surface area contributed by atoms with Crippen LogP contribution in [-0.4, -0.2) is 5.91 Å². The van der Waals surface area contributed by atoms with Crippen molar-refractivity contribution in [1.29, 1.82) is 0 Å². The Balaban J connectivity index is 1.41. The molecule has 1 aliphatic carbocycles. The molecule has 7 heteroatoms. The summed E-state index contributed by atoms with van der Waals surface area (Å²) in [6.45, 7) is 6.98. The van der Waals surface area contributed by atoms with E-state index in [1.807, 2.05) is 24.3 Å². The number of rotatable bonds is 4. The predicted octanol–water partition coefficient (Wildman–Crippen LogP) is 7.71. The van der Waals surface area contributed by atoms with E-state index < -0.39 is 6.17 Å². The highest BCUT2D eigenvalue weighted by molar-refractivity contribution is 7.16. The Morgan fingerprint density at radius 2 is 2.00 bits per heavy atom. The van der Waals surface area contributed by atoms with Gasteiger partial charge in [-0.2, -0.15) is 0 Å². The van der Waals surface area contributed by atoms with Gasteiger partial charge in [-0.15, -0.1) is 11.3 Å². The number of benzene rings is 1. The molecule has 3 aromatic rings. The van der Waals surface area contributed by atoms with Crippen LogP contribution in [0.1, 0.15) is 66.3 Å². The Labute approximate surface area is 202 Å². The van der Waals surface area contributed by atoms with Gasteiger partial charge in [-0.25, -0.2) is 0 Å². The van der Waals surface area contributed by atoms with Gasteiger partial charge in [0.05, 0.1) is 15.6 Å². The van der Waals surface area contributed by atoms with Crippen molar-refractivity contribution in [3.63, 3.8) is 0 Å². The van der Waals surface area contributed by atoms with Gasteiger partial charge in [-0.1, -0.05) is 56.5 Å². The monoisotopic (exact) mass is 488 g/mol. The van der Waals surface area contributed by atoms with Crippen molar-refractivity contribution in [3.05, 3.63) is 62.1 Å². The van der Waals surface area contributed by atoms with Crippen LogP contribution in [0.2, 0.25) is 10.0 Å². The van der Waals surface area contributed by atoms with E-state index in [0.717, 1.165) is 41.8 Å². The lowest BCUT2D eigenvalue weighted by atomic mass is 9.69. The molecule has 2 aromatic heterocycles. The summed E-state index contributed by atoms with van der Waals surface area (Å²) in [5.74, 6) is 1.86. The first-order valence-electron chi connectivity index (χ1n) is 11.0. The molecule has 168 valence electrons. The Bertz CT molecular complexity index is 1200. The fourth-order valence-electron chi connectivity index (χ4n) is 4.74. The molecule has 2 atom stereocenters. The largest absolute Gasteiger partial charge is 0.457 e. The predicted molar refractivity (Wildman–Crippen MR) is 132 cm³/mol. The van der Waals surface area contributed by atoms with Crippen LogP contribution in [0.25, 0.3) is 11.3 Å². The summed E-state index contributed by atoms with van der Waals surface area (Å²) in [5.41, 5.74) is 3.08. The minimum absolute atomic E-state index is 0.0341. The van der Waals surface area contributed by atoms with Crippen LogP contribution < -0.4 is 10.6 Å². The zero-order valence-corrected chi connectivity index (χ0v) is 20.7. The summed E-state index contributed by atoms with van der Waals surface area (Å²) in [6, 6.07) is 9.16. The van der Waals surface area contributed by atoms with E-state index in [2.05, 4.69) is 31.4 Å². The molecule has 0 unspecified atom stereocenters. The lowest BCUT2D eigenvalue weighted by Gasteiger charge is -2.36. The maximum Gasteiger partial charge on any atom is 0.256 e. The number of carbonyl (C=O) groups is 1.